The number of hydrogen-bond donors (Lipinski definition) is 2. The predicted octanol–water partition coefficient (Wildman–Crippen LogP) is 1.96. The molecule has 28 heavy (non-hydrogen) atoms. The maximum Gasteiger partial charge on any atom is 0.221 e. The summed E-state index contributed by atoms with van der Waals surface area (Å²) in [6.07, 6.45) is 1.80. The van der Waals surface area contributed by atoms with Gasteiger partial charge in [-0.15, -0.1) is 16.4 Å². The molecule has 0 saturated carbocycles. The van der Waals surface area contributed by atoms with Crippen LogP contribution in [0.3, 0.4) is 0 Å². The monoisotopic (exact) mass is 459 g/mol. The lowest BCUT2D eigenvalue weighted by Crippen LogP contribution is -2.47. The van der Waals surface area contributed by atoms with Gasteiger partial charge in [0.15, 0.2) is 5.60 Å². The van der Waals surface area contributed by atoms with Crippen LogP contribution < -0.4 is 5.73 Å². The maximum absolute atomic E-state index is 10.4. The zero-order valence-electron chi connectivity index (χ0n) is 14.4. The van der Waals surface area contributed by atoms with Gasteiger partial charge >= 0.3 is 0 Å². The van der Waals surface area contributed by atoms with Gasteiger partial charge in [0.25, 0.3) is 0 Å². The van der Waals surface area contributed by atoms with Gasteiger partial charge in [-0.25, -0.2) is 14.6 Å². The van der Waals surface area contributed by atoms with Crippen LogP contribution in [0.25, 0.3) is 21.6 Å². The Hall–Kier alpha value is -2.47. The van der Waals surface area contributed by atoms with Crippen molar-refractivity contribution in [1.82, 2.24) is 29.9 Å². The zero-order valence-corrected chi connectivity index (χ0v) is 16.8. The van der Waals surface area contributed by atoms with E-state index in [0.29, 0.717) is 23.6 Å². The first-order chi connectivity index (χ1) is 13.5. The van der Waals surface area contributed by atoms with Gasteiger partial charge in [0.2, 0.25) is 5.95 Å². The highest BCUT2D eigenvalue weighted by atomic mass is 79.9. The van der Waals surface area contributed by atoms with Crippen LogP contribution in [-0.2, 0) is 16.9 Å². The molecule has 5 rings (SSSR count). The van der Waals surface area contributed by atoms with E-state index in [4.69, 9.17) is 10.5 Å². The highest BCUT2D eigenvalue weighted by Crippen LogP contribution is 2.35. The number of rotatable bonds is 4. The summed E-state index contributed by atoms with van der Waals surface area (Å²) in [5.74, 6) is 0.182. The lowest BCUT2D eigenvalue weighted by molar-refractivity contribution is -0.186. The summed E-state index contributed by atoms with van der Waals surface area (Å²) in [6, 6.07) is 5.54. The first kappa shape index (κ1) is 17.6. The van der Waals surface area contributed by atoms with Crippen molar-refractivity contribution in [2.45, 2.75) is 12.1 Å². The summed E-state index contributed by atoms with van der Waals surface area (Å²) < 4.78 is 8.54. The Kier molecular flexibility index (Phi) is 4.12. The number of aromatic nitrogens is 6. The van der Waals surface area contributed by atoms with Gasteiger partial charge in [-0.1, -0.05) is 11.3 Å². The molecule has 142 valence electrons. The molecule has 1 saturated heterocycles. The van der Waals surface area contributed by atoms with Crippen LogP contribution >= 0.6 is 27.3 Å². The van der Waals surface area contributed by atoms with Crippen molar-refractivity contribution in [3.05, 3.63) is 45.6 Å². The Labute approximate surface area is 171 Å². The van der Waals surface area contributed by atoms with Crippen molar-refractivity contribution in [2.24, 2.45) is 0 Å². The van der Waals surface area contributed by atoms with Crippen LogP contribution in [0.2, 0.25) is 0 Å². The maximum atomic E-state index is 10.4. The van der Waals surface area contributed by atoms with Gasteiger partial charge in [-0.3, -0.25) is 4.98 Å². The number of nitrogen functional groups attached to an aromatic ring is 1. The molecule has 1 aliphatic heterocycles. The minimum absolute atomic E-state index is 0.182. The third kappa shape index (κ3) is 2.96. The topological polar surface area (TPSA) is 125 Å². The number of fused-ring (bicyclic) bond motifs is 1. The molecule has 0 aliphatic carbocycles. The summed E-state index contributed by atoms with van der Waals surface area (Å²) in [4.78, 5) is 13.2. The highest BCUT2D eigenvalue weighted by Gasteiger charge is 2.39. The van der Waals surface area contributed by atoms with E-state index in [-0.39, 0.29) is 19.2 Å². The molecule has 4 aromatic rings. The second kappa shape index (κ2) is 6.55. The van der Waals surface area contributed by atoms with Crippen molar-refractivity contribution >= 4 is 43.4 Å². The van der Waals surface area contributed by atoms with Gasteiger partial charge < -0.3 is 15.6 Å². The lowest BCUT2D eigenvalue weighted by Gasteiger charge is -2.35. The standard InChI is InChI=1S/C17H14BrN7O2S/c18-10-6-28-15-13(10)21-16(19)22-14(15)11-5-25(24-23-11)4-9-2-1-3-12(20-9)17(26)7-27-8-17/h1-3,5-6,26H,4,7-8H2,(H2,19,21,22). The van der Waals surface area contributed by atoms with Gasteiger partial charge in [-0.2, -0.15) is 0 Å². The molecule has 0 aromatic carbocycles. The summed E-state index contributed by atoms with van der Waals surface area (Å²) in [5, 5.41) is 20.8. The molecule has 0 amide bonds. The number of nitrogens with two attached hydrogens (primary N) is 1. The fraction of sp³-hybridized carbons (Fsp3) is 0.235. The molecule has 4 aromatic heterocycles. The van der Waals surface area contributed by atoms with E-state index >= 15 is 0 Å². The largest absolute Gasteiger partial charge is 0.379 e. The quantitative estimate of drug-likeness (QED) is 0.474. The summed E-state index contributed by atoms with van der Waals surface area (Å²) in [5.41, 5.74) is 8.24. The van der Waals surface area contributed by atoms with Crippen LogP contribution in [0.5, 0.6) is 0 Å². The Morgan fingerprint density at radius 2 is 2.14 bits per heavy atom. The Morgan fingerprint density at radius 1 is 1.29 bits per heavy atom. The van der Waals surface area contributed by atoms with Crippen LogP contribution in [-0.4, -0.2) is 48.3 Å². The highest BCUT2D eigenvalue weighted by molar-refractivity contribution is 9.10. The van der Waals surface area contributed by atoms with Crippen molar-refractivity contribution in [1.29, 1.82) is 0 Å². The van der Waals surface area contributed by atoms with E-state index in [2.05, 4.69) is 41.2 Å². The van der Waals surface area contributed by atoms with E-state index in [1.165, 1.54) is 11.3 Å². The fourth-order valence-electron chi connectivity index (χ4n) is 3.00. The summed E-state index contributed by atoms with van der Waals surface area (Å²) in [6.45, 7) is 0.937. The molecular formula is C17H14BrN7O2S. The molecule has 0 spiro atoms. The number of ether oxygens (including phenoxy) is 1. The number of hydrogen-bond acceptors (Lipinski definition) is 9. The first-order valence-electron chi connectivity index (χ1n) is 8.39. The van der Waals surface area contributed by atoms with Crippen LogP contribution in [0.1, 0.15) is 11.4 Å². The molecule has 0 unspecified atom stereocenters. The van der Waals surface area contributed by atoms with Crippen molar-refractivity contribution < 1.29 is 9.84 Å². The number of thiophene rings is 1. The Bertz CT molecular complexity index is 1190. The normalized spacial score (nSPS) is 15.6. The van der Waals surface area contributed by atoms with Gasteiger partial charge in [0.1, 0.15) is 16.9 Å². The minimum Gasteiger partial charge on any atom is -0.379 e. The van der Waals surface area contributed by atoms with Gasteiger partial charge in [0, 0.05) is 5.38 Å². The van der Waals surface area contributed by atoms with Gasteiger partial charge in [0.05, 0.1) is 46.5 Å². The zero-order chi connectivity index (χ0) is 19.3. The first-order valence-corrected chi connectivity index (χ1v) is 10.1. The van der Waals surface area contributed by atoms with E-state index in [1.807, 2.05) is 17.5 Å². The Balaban J connectivity index is 1.46. The van der Waals surface area contributed by atoms with Crippen LogP contribution in [0.15, 0.2) is 34.2 Å². The van der Waals surface area contributed by atoms with Crippen molar-refractivity contribution in [2.75, 3.05) is 18.9 Å². The number of anilines is 1. The van der Waals surface area contributed by atoms with E-state index < -0.39 is 5.60 Å². The predicted molar refractivity (Wildman–Crippen MR) is 107 cm³/mol. The number of pyridine rings is 1. The molecule has 3 N–H and O–H groups in total. The second-order valence-electron chi connectivity index (χ2n) is 6.53. The summed E-state index contributed by atoms with van der Waals surface area (Å²) >= 11 is 4.99. The van der Waals surface area contributed by atoms with E-state index in [9.17, 15) is 5.11 Å². The molecule has 0 radical (unpaired) electrons. The molecule has 5 heterocycles. The Morgan fingerprint density at radius 3 is 2.93 bits per heavy atom. The molecule has 0 atom stereocenters. The van der Waals surface area contributed by atoms with E-state index in [1.54, 1.807) is 16.9 Å². The average molecular weight is 460 g/mol. The van der Waals surface area contributed by atoms with E-state index in [0.717, 1.165) is 20.4 Å². The average Bonchev–Trinajstić information content (AvgIpc) is 3.27. The number of halogens is 1. The van der Waals surface area contributed by atoms with Crippen LogP contribution in [0.4, 0.5) is 5.95 Å². The molecule has 1 aliphatic rings. The minimum atomic E-state index is -1.000. The second-order valence-corrected chi connectivity index (χ2v) is 8.27. The molecule has 1 fully saturated rings. The SMILES string of the molecule is Nc1nc(-c2cn(Cc3cccc(C4(O)COC4)n3)nn2)c2scc(Br)c2n1. The number of aliphatic hydroxyl groups is 1. The smallest absolute Gasteiger partial charge is 0.221 e. The molecule has 11 heteroatoms. The molecule has 9 nitrogen and oxygen atoms in total. The van der Waals surface area contributed by atoms with Crippen molar-refractivity contribution in [3.8, 4) is 11.4 Å². The number of nitrogens with zero attached hydrogens (tertiary/aromatic N) is 6. The molecular weight excluding hydrogens is 446 g/mol. The van der Waals surface area contributed by atoms with Crippen molar-refractivity contribution in [3.63, 3.8) is 0 Å². The van der Waals surface area contributed by atoms with Crippen LogP contribution in [0, 0.1) is 0 Å². The van der Waals surface area contributed by atoms with Gasteiger partial charge in [-0.05, 0) is 28.1 Å². The third-order valence-electron chi connectivity index (χ3n) is 4.46. The lowest BCUT2D eigenvalue weighted by atomic mass is 9.97. The third-order valence-corrected chi connectivity index (χ3v) is 6.34. The fourth-order valence-corrected chi connectivity index (χ4v) is 4.56. The molecule has 0 bridgehead atoms. The summed E-state index contributed by atoms with van der Waals surface area (Å²) in [7, 11) is 0.